The van der Waals surface area contributed by atoms with E-state index in [1.54, 1.807) is 0 Å². The second-order valence-electron chi connectivity index (χ2n) is 5.56. The van der Waals surface area contributed by atoms with Crippen LogP contribution >= 0.6 is 0 Å². The average molecular weight is 358 g/mol. The third kappa shape index (κ3) is 4.55. The van der Waals surface area contributed by atoms with Crippen molar-refractivity contribution in [2.75, 3.05) is 0 Å². The van der Waals surface area contributed by atoms with Crippen molar-refractivity contribution in [1.82, 2.24) is 0 Å². The van der Waals surface area contributed by atoms with Gasteiger partial charge in [0, 0.05) is 0 Å². The Bertz CT molecular complexity index is 735. The summed E-state index contributed by atoms with van der Waals surface area (Å²) in [5.74, 6) is -3.15. The minimum atomic E-state index is -5.00. The summed E-state index contributed by atoms with van der Waals surface area (Å²) in [7, 11) is -5.00. The summed E-state index contributed by atoms with van der Waals surface area (Å²) in [6.45, 7) is 3.84. The van der Waals surface area contributed by atoms with Crippen LogP contribution in [0.2, 0.25) is 0 Å². The summed E-state index contributed by atoms with van der Waals surface area (Å²) < 4.78 is 32.7. The van der Waals surface area contributed by atoms with E-state index in [9.17, 15) is 32.8 Å². The number of hydrogen-bond donors (Lipinski definition) is 3. The number of aryl methyl sites for hydroxylation is 1. The fourth-order valence-electron chi connectivity index (χ4n) is 2.64. The number of benzene rings is 1. The highest BCUT2D eigenvalue weighted by Crippen LogP contribution is 2.30. The van der Waals surface area contributed by atoms with Gasteiger partial charge in [-0.3, -0.25) is 4.55 Å². The topological polar surface area (TPSA) is 129 Å². The van der Waals surface area contributed by atoms with Gasteiger partial charge in [-0.1, -0.05) is 26.7 Å². The largest absolute Gasteiger partial charge is 0.478 e. The summed E-state index contributed by atoms with van der Waals surface area (Å²) in [6.07, 6.45) is 3.66. The van der Waals surface area contributed by atoms with Crippen LogP contribution in [0.1, 0.15) is 71.4 Å². The fourth-order valence-corrected chi connectivity index (χ4v) is 3.53. The van der Waals surface area contributed by atoms with Crippen LogP contribution in [0.15, 0.2) is 11.0 Å². The zero-order valence-corrected chi connectivity index (χ0v) is 14.5. The first-order chi connectivity index (χ1) is 11.1. The molecule has 24 heavy (non-hydrogen) atoms. The maximum absolute atomic E-state index is 11.7. The molecule has 0 aliphatic carbocycles. The molecule has 0 amide bonds. The van der Waals surface area contributed by atoms with Gasteiger partial charge in [0.15, 0.2) is 0 Å². The van der Waals surface area contributed by atoms with Gasteiger partial charge in [-0.05, 0) is 42.9 Å². The van der Waals surface area contributed by atoms with Gasteiger partial charge in [0.1, 0.15) is 4.90 Å². The van der Waals surface area contributed by atoms with E-state index in [2.05, 4.69) is 0 Å². The van der Waals surface area contributed by atoms with Crippen molar-refractivity contribution in [2.45, 2.75) is 57.3 Å². The van der Waals surface area contributed by atoms with E-state index in [-0.39, 0.29) is 5.56 Å². The molecule has 0 radical (unpaired) electrons. The minimum Gasteiger partial charge on any atom is -0.478 e. The van der Waals surface area contributed by atoms with Crippen LogP contribution in [0, 0.1) is 0 Å². The molecule has 3 N–H and O–H groups in total. The Labute approximate surface area is 141 Å². The van der Waals surface area contributed by atoms with Gasteiger partial charge in [-0.2, -0.15) is 8.42 Å². The van der Waals surface area contributed by atoms with Gasteiger partial charge >= 0.3 is 11.9 Å². The Balaban J connectivity index is 3.86. The van der Waals surface area contributed by atoms with Crippen LogP contribution in [0.5, 0.6) is 0 Å². The molecular weight excluding hydrogens is 336 g/mol. The standard InChI is InChI=1S/C16H22O7S/c1-3-5-7-10-9-12(15(17)18)14(24(21,22)23)13(16(19)20)11(10)8-6-4-2/h9H,3-8H2,1-2H3,(H,17,18)(H,19,20)(H,21,22,23). The van der Waals surface area contributed by atoms with Crippen LogP contribution in [0.4, 0.5) is 0 Å². The van der Waals surface area contributed by atoms with E-state index in [0.29, 0.717) is 31.2 Å². The molecule has 134 valence electrons. The number of unbranched alkanes of at least 4 members (excludes halogenated alkanes) is 2. The molecule has 0 fully saturated rings. The van der Waals surface area contributed by atoms with E-state index in [0.717, 1.165) is 12.8 Å². The molecule has 1 rings (SSSR count). The molecule has 1 aromatic carbocycles. The molecule has 0 aliphatic rings. The molecule has 0 aliphatic heterocycles. The highest BCUT2D eigenvalue weighted by molar-refractivity contribution is 7.86. The first kappa shape index (κ1) is 20.1. The van der Waals surface area contributed by atoms with E-state index in [1.165, 1.54) is 6.07 Å². The third-order valence-corrected chi connectivity index (χ3v) is 4.70. The van der Waals surface area contributed by atoms with Crippen LogP contribution in [-0.2, 0) is 23.0 Å². The van der Waals surface area contributed by atoms with Gasteiger partial charge in [0.25, 0.3) is 10.1 Å². The molecule has 7 nitrogen and oxygen atoms in total. The molecule has 0 saturated heterocycles. The molecule has 0 bridgehead atoms. The average Bonchev–Trinajstić information content (AvgIpc) is 2.48. The zero-order valence-electron chi connectivity index (χ0n) is 13.7. The van der Waals surface area contributed by atoms with Crippen molar-refractivity contribution in [3.05, 3.63) is 28.3 Å². The first-order valence-corrected chi connectivity index (χ1v) is 9.21. The van der Waals surface area contributed by atoms with Gasteiger partial charge in [0.05, 0.1) is 11.1 Å². The summed E-state index contributed by atoms with van der Waals surface area (Å²) >= 11 is 0. The predicted molar refractivity (Wildman–Crippen MR) is 87.4 cm³/mol. The van der Waals surface area contributed by atoms with Crippen LogP contribution in [0.25, 0.3) is 0 Å². The molecule has 0 unspecified atom stereocenters. The highest BCUT2D eigenvalue weighted by atomic mass is 32.2. The smallest absolute Gasteiger partial charge is 0.337 e. The van der Waals surface area contributed by atoms with Crippen molar-refractivity contribution in [3.8, 4) is 0 Å². The van der Waals surface area contributed by atoms with E-state index >= 15 is 0 Å². The SMILES string of the molecule is CCCCc1cc(C(=O)O)c(S(=O)(=O)O)c(C(=O)O)c1CCCC. The van der Waals surface area contributed by atoms with Gasteiger partial charge in [-0.15, -0.1) is 0 Å². The van der Waals surface area contributed by atoms with Crippen molar-refractivity contribution >= 4 is 22.1 Å². The maximum atomic E-state index is 11.7. The summed E-state index contributed by atoms with van der Waals surface area (Å²) in [5.41, 5.74) is -0.541. The third-order valence-electron chi connectivity index (χ3n) is 3.76. The minimum absolute atomic E-state index is 0.287. The fraction of sp³-hybridized carbons (Fsp3) is 0.500. The lowest BCUT2D eigenvalue weighted by atomic mass is 9.91. The van der Waals surface area contributed by atoms with Gasteiger partial charge < -0.3 is 10.2 Å². The van der Waals surface area contributed by atoms with E-state index in [4.69, 9.17) is 0 Å². The summed E-state index contributed by atoms with van der Waals surface area (Å²) in [6, 6.07) is 1.18. The second kappa shape index (κ2) is 8.25. The van der Waals surface area contributed by atoms with Gasteiger partial charge in [0.2, 0.25) is 0 Å². The lowest BCUT2D eigenvalue weighted by Gasteiger charge is -2.17. The van der Waals surface area contributed by atoms with Gasteiger partial charge in [-0.25, -0.2) is 9.59 Å². The Morgan fingerprint density at radius 1 is 1.00 bits per heavy atom. The lowest BCUT2D eigenvalue weighted by molar-refractivity contribution is 0.0687. The molecule has 0 heterocycles. The molecular formula is C16H22O7S. The molecule has 0 spiro atoms. The Morgan fingerprint density at radius 2 is 1.54 bits per heavy atom. The van der Waals surface area contributed by atoms with Crippen LogP contribution < -0.4 is 0 Å². The Kier molecular flexibility index (Phi) is 6.92. The molecule has 8 heteroatoms. The van der Waals surface area contributed by atoms with Crippen molar-refractivity contribution in [1.29, 1.82) is 0 Å². The number of carbonyl (C=O) groups is 2. The normalized spacial score (nSPS) is 11.5. The Morgan fingerprint density at radius 3 is 1.96 bits per heavy atom. The van der Waals surface area contributed by atoms with Crippen LogP contribution in [-0.4, -0.2) is 35.1 Å². The maximum Gasteiger partial charge on any atom is 0.337 e. The number of aromatic carboxylic acids is 2. The highest BCUT2D eigenvalue weighted by Gasteiger charge is 2.31. The predicted octanol–water partition coefficient (Wildman–Crippen LogP) is 3.01. The number of carboxylic acids is 2. The van der Waals surface area contributed by atoms with E-state index in [1.807, 2.05) is 13.8 Å². The van der Waals surface area contributed by atoms with Crippen molar-refractivity contribution < 1.29 is 32.8 Å². The zero-order chi connectivity index (χ0) is 18.5. The second-order valence-corrected chi connectivity index (χ2v) is 6.92. The lowest BCUT2D eigenvalue weighted by Crippen LogP contribution is -2.19. The first-order valence-electron chi connectivity index (χ1n) is 7.77. The monoisotopic (exact) mass is 358 g/mol. The Hall–Kier alpha value is -1.93. The number of carboxylic acid groups (broad SMARTS) is 2. The molecule has 1 aromatic rings. The summed E-state index contributed by atoms with van der Waals surface area (Å²) in [5, 5.41) is 18.8. The molecule has 0 saturated carbocycles. The van der Waals surface area contributed by atoms with Crippen LogP contribution in [0.3, 0.4) is 0 Å². The summed E-state index contributed by atoms with van der Waals surface area (Å²) in [4.78, 5) is 22.1. The number of rotatable bonds is 9. The molecule has 0 aromatic heterocycles. The van der Waals surface area contributed by atoms with Crippen molar-refractivity contribution in [3.63, 3.8) is 0 Å². The number of hydrogen-bond acceptors (Lipinski definition) is 4. The van der Waals surface area contributed by atoms with E-state index < -0.39 is 38.1 Å². The quantitative estimate of drug-likeness (QED) is 0.579. The molecule has 0 atom stereocenters. The van der Waals surface area contributed by atoms with Crippen molar-refractivity contribution in [2.24, 2.45) is 0 Å².